The van der Waals surface area contributed by atoms with Crippen LogP contribution in [0.3, 0.4) is 0 Å². The van der Waals surface area contributed by atoms with Crippen LogP contribution in [0.25, 0.3) is 0 Å². The molecule has 1 saturated heterocycles. The summed E-state index contributed by atoms with van der Waals surface area (Å²) in [5.74, 6) is 0.0770. The van der Waals surface area contributed by atoms with E-state index in [2.05, 4.69) is 29.1 Å². The van der Waals surface area contributed by atoms with Gasteiger partial charge < -0.3 is 20.9 Å². The lowest BCUT2D eigenvalue weighted by Gasteiger charge is -2.21. The van der Waals surface area contributed by atoms with Gasteiger partial charge >= 0.3 is 0 Å². The molecule has 3 N–H and O–H groups in total. The summed E-state index contributed by atoms with van der Waals surface area (Å²) in [5.41, 5.74) is 0. The highest BCUT2D eigenvalue weighted by atomic mass is 16.2. The van der Waals surface area contributed by atoms with Crippen molar-refractivity contribution in [1.82, 2.24) is 20.9 Å². The minimum Gasteiger partial charge on any atom is -0.359 e. The normalized spacial score (nSPS) is 17.2. The maximum atomic E-state index is 11.3. The monoisotopic (exact) mass is 508 g/mol. The Hall–Kier alpha value is -2.97. The predicted molar refractivity (Wildman–Crippen MR) is 144 cm³/mol. The van der Waals surface area contributed by atoms with E-state index in [9.17, 15) is 24.0 Å². The van der Waals surface area contributed by atoms with E-state index in [0.717, 1.165) is 25.7 Å². The number of rotatable bonds is 8. The summed E-state index contributed by atoms with van der Waals surface area (Å²) in [6.07, 6.45) is 9.06. The number of hydrogen-bond donors (Lipinski definition) is 3. The molecule has 206 valence electrons. The second-order valence-electron chi connectivity index (χ2n) is 8.94. The Morgan fingerprint density at radius 2 is 1.42 bits per heavy atom. The van der Waals surface area contributed by atoms with Crippen molar-refractivity contribution in [3.8, 4) is 0 Å². The molecule has 1 saturated carbocycles. The lowest BCUT2D eigenvalue weighted by atomic mass is 9.90. The standard InChI is InChI=1S/C10H17NO2.C9H14N2O2.C7H13NO.CH4/c1-5-8(12)6-9(7(2)3)10(13)11-4;1-3-8(12)11-6-4-5-7(11)9(13)10-2;1-8-7(9)6-4-2-3-5-6;/h5,7,9H,1,6H2,2-4H3,(H,11,13);3,7H,1,4-6H2,2H3,(H,10,13);6H,2-5H2,1H3,(H,8,9);1H4. The molecule has 0 aromatic rings. The lowest BCUT2D eigenvalue weighted by Crippen LogP contribution is -2.44. The van der Waals surface area contributed by atoms with Gasteiger partial charge in [-0.05, 0) is 43.8 Å². The number of nitrogens with zero attached hydrogens (tertiary/aromatic N) is 1. The van der Waals surface area contributed by atoms with E-state index in [4.69, 9.17) is 0 Å². The van der Waals surface area contributed by atoms with Crippen LogP contribution in [-0.2, 0) is 24.0 Å². The third-order valence-electron chi connectivity index (χ3n) is 6.27. The van der Waals surface area contributed by atoms with E-state index in [1.165, 1.54) is 25.0 Å². The van der Waals surface area contributed by atoms with Gasteiger partial charge in [0.25, 0.3) is 0 Å². The molecule has 0 aromatic heterocycles. The molecule has 36 heavy (non-hydrogen) atoms. The lowest BCUT2D eigenvalue weighted by molar-refractivity contribution is -0.134. The van der Waals surface area contributed by atoms with Crippen molar-refractivity contribution in [2.75, 3.05) is 27.7 Å². The Bertz CT molecular complexity index is 730. The molecule has 0 aromatic carbocycles. The van der Waals surface area contributed by atoms with Gasteiger partial charge in [-0.3, -0.25) is 24.0 Å². The van der Waals surface area contributed by atoms with Crippen LogP contribution in [0.4, 0.5) is 0 Å². The average Bonchev–Trinajstić information content (AvgIpc) is 3.58. The van der Waals surface area contributed by atoms with Crippen molar-refractivity contribution in [3.63, 3.8) is 0 Å². The summed E-state index contributed by atoms with van der Waals surface area (Å²) in [6, 6.07) is -0.296. The second-order valence-corrected chi connectivity index (χ2v) is 8.94. The minimum absolute atomic E-state index is 0. The van der Waals surface area contributed by atoms with Crippen LogP contribution in [0.15, 0.2) is 25.3 Å². The average molecular weight is 509 g/mol. The zero-order valence-electron chi connectivity index (χ0n) is 22.0. The highest BCUT2D eigenvalue weighted by Crippen LogP contribution is 2.24. The number of carbonyl (C=O) groups is 5. The molecule has 1 aliphatic heterocycles. The molecule has 2 unspecified atom stereocenters. The van der Waals surface area contributed by atoms with E-state index < -0.39 is 0 Å². The van der Waals surface area contributed by atoms with Crippen molar-refractivity contribution in [2.24, 2.45) is 17.8 Å². The first kappa shape index (κ1) is 35.2. The van der Waals surface area contributed by atoms with Crippen molar-refractivity contribution < 1.29 is 24.0 Å². The fourth-order valence-corrected chi connectivity index (χ4v) is 4.10. The second kappa shape index (κ2) is 19.2. The van der Waals surface area contributed by atoms with Gasteiger partial charge in [0.1, 0.15) is 6.04 Å². The third kappa shape index (κ3) is 12.1. The van der Waals surface area contributed by atoms with Gasteiger partial charge in [0, 0.05) is 45.9 Å². The van der Waals surface area contributed by atoms with Crippen LogP contribution >= 0.6 is 0 Å². The molecular formula is C27H48N4O5. The van der Waals surface area contributed by atoms with E-state index in [-0.39, 0.29) is 61.1 Å². The number of hydrogen-bond acceptors (Lipinski definition) is 5. The van der Waals surface area contributed by atoms with Crippen LogP contribution in [0.2, 0.25) is 0 Å². The molecule has 0 bridgehead atoms. The number of allylic oxidation sites excluding steroid dienone is 1. The van der Waals surface area contributed by atoms with E-state index in [0.29, 0.717) is 12.5 Å². The van der Waals surface area contributed by atoms with Crippen LogP contribution in [0.1, 0.15) is 66.2 Å². The summed E-state index contributed by atoms with van der Waals surface area (Å²) in [6.45, 7) is 11.3. The highest BCUT2D eigenvalue weighted by Gasteiger charge is 2.32. The first-order valence-electron chi connectivity index (χ1n) is 12.3. The van der Waals surface area contributed by atoms with Gasteiger partial charge in [0.15, 0.2) is 5.78 Å². The molecule has 0 spiro atoms. The number of amides is 4. The molecule has 2 aliphatic rings. The van der Waals surface area contributed by atoms with E-state index in [1.54, 1.807) is 26.0 Å². The summed E-state index contributed by atoms with van der Waals surface area (Å²) in [7, 11) is 4.87. The zero-order chi connectivity index (χ0) is 27.0. The van der Waals surface area contributed by atoms with Gasteiger partial charge in [-0.25, -0.2) is 0 Å². The molecule has 1 heterocycles. The van der Waals surface area contributed by atoms with Gasteiger partial charge in [0.05, 0.1) is 0 Å². The summed E-state index contributed by atoms with van der Waals surface area (Å²) in [5, 5.41) is 7.77. The largest absolute Gasteiger partial charge is 0.359 e. The first-order chi connectivity index (χ1) is 16.6. The van der Waals surface area contributed by atoms with Gasteiger partial charge in [-0.15, -0.1) is 0 Å². The Kier molecular flexibility index (Phi) is 18.8. The number of likely N-dealkylation sites (tertiary alicyclic amines) is 1. The fraction of sp³-hybridized carbons (Fsp3) is 0.667. The molecule has 2 atom stereocenters. The number of ketones is 1. The molecular weight excluding hydrogens is 460 g/mol. The van der Waals surface area contributed by atoms with Gasteiger partial charge in [-0.2, -0.15) is 0 Å². The van der Waals surface area contributed by atoms with Gasteiger partial charge in [-0.1, -0.05) is 47.3 Å². The van der Waals surface area contributed by atoms with Crippen LogP contribution in [0.5, 0.6) is 0 Å². The molecule has 2 rings (SSSR count). The summed E-state index contributed by atoms with van der Waals surface area (Å²) >= 11 is 0. The number of likely N-dealkylation sites (N-methyl/N-ethyl adjacent to an activating group) is 1. The summed E-state index contributed by atoms with van der Waals surface area (Å²) in [4.78, 5) is 57.4. The molecule has 1 aliphatic carbocycles. The Balaban J connectivity index is 0. The highest BCUT2D eigenvalue weighted by molar-refractivity contribution is 5.93. The quantitative estimate of drug-likeness (QED) is 0.435. The fourth-order valence-electron chi connectivity index (χ4n) is 4.10. The Labute approximate surface area is 217 Å². The maximum Gasteiger partial charge on any atom is 0.246 e. The third-order valence-corrected chi connectivity index (χ3v) is 6.27. The summed E-state index contributed by atoms with van der Waals surface area (Å²) < 4.78 is 0. The zero-order valence-corrected chi connectivity index (χ0v) is 22.0. The Morgan fingerprint density at radius 1 is 0.861 bits per heavy atom. The molecule has 4 amide bonds. The van der Waals surface area contributed by atoms with Crippen molar-refractivity contribution in [3.05, 3.63) is 25.3 Å². The van der Waals surface area contributed by atoms with Crippen LogP contribution in [0, 0.1) is 17.8 Å². The molecule has 9 heteroatoms. The maximum absolute atomic E-state index is 11.3. The number of carbonyl (C=O) groups excluding carboxylic acids is 5. The predicted octanol–water partition coefficient (Wildman–Crippen LogP) is 2.62. The van der Waals surface area contributed by atoms with Crippen molar-refractivity contribution in [1.29, 1.82) is 0 Å². The van der Waals surface area contributed by atoms with Crippen molar-refractivity contribution >= 4 is 29.4 Å². The van der Waals surface area contributed by atoms with Gasteiger partial charge in [0.2, 0.25) is 23.6 Å². The SMILES string of the molecule is C.C=CC(=O)CC(C(=O)NC)C(C)C.C=CC(=O)N1CCCC1C(=O)NC.CNC(=O)C1CCCC1. The topological polar surface area (TPSA) is 125 Å². The molecule has 0 radical (unpaired) electrons. The smallest absolute Gasteiger partial charge is 0.246 e. The van der Waals surface area contributed by atoms with E-state index in [1.807, 2.05) is 13.8 Å². The van der Waals surface area contributed by atoms with E-state index >= 15 is 0 Å². The Morgan fingerprint density at radius 3 is 1.83 bits per heavy atom. The van der Waals surface area contributed by atoms with Crippen LogP contribution in [-0.4, -0.2) is 68.0 Å². The number of nitrogens with one attached hydrogen (secondary N) is 3. The molecule has 9 nitrogen and oxygen atoms in total. The minimum atomic E-state index is -0.296. The van der Waals surface area contributed by atoms with Crippen LogP contribution < -0.4 is 16.0 Å². The van der Waals surface area contributed by atoms with Crippen molar-refractivity contribution in [2.45, 2.75) is 72.3 Å². The molecule has 2 fully saturated rings. The first-order valence-corrected chi connectivity index (χ1v) is 12.3.